The fourth-order valence-electron chi connectivity index (χ4n) is 4.44. The molecule has 0 aliphatic carbocycles. The number of ether oxygens (including phenoxy) is 3. The van der Waals surface area contributed by atoms with Crippen LogP contribution in [0.25, 0.3) is 15.9 Å². The molecule has 1 aliphatic rings. The van der Waals surface area contributed by atoms with Crippen molar-refractivity contribution in [2.75, 3.05) is 40.2 Å². The van der Waals surface area contributed by atoms with Crippen molar-refractivity contribution in [2.45, 2.75) is 25.0 Å². The molecule has 5 rings (SSSR count). The van der Waals surface area contributed by atoms with E-state index < -0.39 is 0 Å². The van der Waals surface area contributed by atoms with Crippen LogP contribution in [-0.2, 0) is 0 Å². The van der Waals surface area contributed by atoms with Crippen LogP contribution >= 0.6 is 22.9 Å². The van der Waals surface area contributed by atoms with Gasteiger partial charge in [0.15, 0.2) is 11.5 Å². The molecule has 0 amide bonds. The SMILES string of the molecule is COc1cc(-n2cnc(Nc3nc(Cl)nc4sc(C5CC(O)CCN5C)cc34)c2)cc(OC)c1OC. The van der Waals surface area contributed by atoms with Crippen molar-refractivity contribution in [1.29, 1.82) is 0 Å². The maximum Gasteiger partial charge on any atom is 0.225 e. The summed E-state index contributed by atoms with van der Waals surface area (Å²) in [4.78, 5) is 17.5. The van der Waals surface area contributed by atoms with Gasteiger partial charge in [-0.1, -0.05) is 0 Å². The maximum absolute atomic E-state index is 10.2. The topological polar surface area (TPSA) is 107 Å². The number of aromatic nitrogens is 4. The summed E-state index contributed by atoms with van der Waals surface area (Å²) in [5.41, 5.74) is 0.785. The van der Waals surface area contributed by atoms with Crippen LogP contribution in [0.3, 0.4) is 0 Å². The van der Waals surface area contributed by atoms with Crippen LogP contribution in [0, 0.1) is 0 Å². The Morgan fingerprint density at radius 2 is 1.86 bits per heavy atom. The number of fused-ring (bicyclic) bond motifs is 1. The number of hydrogen-bond acceptors (Lipinski definition) is 10. The Balaban J connectivity index is 1.46. The fourth-order valence-corrected chi connectivity index (χ4v) is 5.87. The van der Waals surface area contributed by atoms with E-state index in [1.165, 1.54) is 0 Å². The number of thiophene rings is 1. The largest absolute Gasteiger partial charge is 0.493 e. The van der Waals surface area contributed by atoms with E-state index in [1.54, 1.807) is 39.0 Å². The lowest BCUT2D eigenvalue weighted by Gasteiger charge is -2.34. The van der Waals surface area contributed by atoms with E-state index in [0.29, 0.717) is 35.3 Å². The number of anilines is 2. The highest BCUT2D eigenvalue weighted by atomic mass is 35.5. The van der Waals surface area contributed by atoms with Crippen LogP contribution < -0.4 is 19.5 Å². The van der Waals surface area contributed by atoms with E-state index in [2.05, 4.69) is 38.3 Å². The molecule has 2 unspecified atom stereocenters. The molecule has 1 saturated heterocycles. The van der Waals surface area contributed by atoms with Crippen molar-refractivity contribution in [2.24, 2.45) is 0 Å². The second-order valence-corrected chi connectivity index (χ2v) is 9.96. The third-order valence-electron chi connectivity index (χ3n) is 6.33. The first-order valence-electron chi connectivity index (χ1n) is 11.4. The third kappa shape index (κ3) is 4.66. The summed E-state index contributed by atoms with van der Waals surface area (Å²) in [6.07, 6.45) is 4.68. The Bertz CT molecular complexity index is 1370. The zero-order chi connectivity index (χ0) is 25.4. The number of benzene rings is 1. The molecule has 1 aliphatic heterocycles. The molecule has 4 aromatic rings. The quantitative estimate of drug-likeness (QED) is 0.335. The van der Waals surface area contributed by atoms with E-state index in [9.17, 15) is 5.11 Å². The number of nitrogens with one attached hydrogen (secondary N) is 1. The lowest BCUT2D eigenvalue weighted by Crippen LogP contribution is -2.35. The normalized spacial score (nSPS) is 18.4. The minimum Gasteiger partial charge on any atom is -0.493 e. The Morgan fingerprint density at radius 3 is 2.56 bits per heavy atom. The maximum atomic E-state index is 10.2. The van der Waals surface area contributed by atoms with Gasteiger partial charge >= 0.3 is 0 Å². The Labute approximate surface area is 217 Å². The third-order valence-corrected chi connectivity index (χ3v) is 7.63. The molecule has 0 spiro atoms. The van der Waals surface area contributed by atoms with Crippen LogP contribution in [0.4, 0.5) is 11.6 Å². The Kier molecular flexibility index (Phi) is 6.89. The Hall–Kier alpha value is -3.12. The predicted molar refractivity (Wildman–Crippen MR) is 140 cm³/mol. The summed E-state index contributed by atoms with van der Waals surface area (Å²) < 4.78 is 18.2. The number of halogens is 1. The molecule has 0 radical (unpaired) electrons. The van der Waals surface area contributed by atoms with Crippen LogP contribution in [0.1, 0.15) is 23.8 Å². The Morgan fingerprint density at radius 1 is 1.11 bits per heavy atom. The van der Waals surface area contributed by atoms with Crippen LogP contribution in [0.15, 0.2) is 30.7 Å². The van der Waals surface area contributed by atoms with E-state index in [1.807, 2.05) is 22.9 Å². The minimum absolute atomic E-state index is 0.124. The lowest BCUT2D eigenvalue weighted by molar-refractivity contribution is 0.0565. The molecule has 1 aromatic carbocycles. The number of likely N-dealkylation sites (tertiary alicyclic amines) is 1. The van der Waals surface area contributed by atoms with E-state index in [4.69, 9.17) is 25.8 Å². The first-order chi connectivity index (χ1) is 17.4. The molecular formula is C24H27ClN6O4S. The average molecular weight is 531 g/mol. The van der Waals surface area contributed by atoms with Crippen molar-refractivity contribution in [3.05, 3.63) is 40.9 Å². The van der Waals surface area contributed by atoms with Crippen LogP contribution in [0.2, 0.25) is 5.28 Å². The second kappa shape index (κ2) is 10.1. The monoisotopic (exact) mass is 530 g/mol. The highest BCUT2D eigenvalue weighted by molar-refractivity contribution is 7.18. The number of hydrogen-bond donors (Lipinski definition) is 2. The molecule has 3 aromatic heterocycles. The molecular weight excluding hydrogens is 504 g/mol. The molecule has 12 heteroatoms. The molecule has 4 heterocycles. The number of aliphatic hydroxyl groups excluding tert-OH is 1. The molecule has 190 valence electrons. The zero-order valence-electron chi connectivity index (χ0n) is 20.4. The van der Waals surface area contributed by atoms with Gasteiger partial charge in [-0.3, -0.25) is 4.90 Å². The molecule has 2 atom stereocenters. The zero-order valence-corrected chi connectivity index (χ0v) is 21.9. The summed E-state index contributed by atoms with van der Waals surface area (Å²) >= 11 is 7.83. The van der Waals surface area contributed by atoms with Gasteiger partial charge in [0.1, 0.15) is 22.8 Å². The summed E-state index contributed by atoms with van der Waals surface area (Å²) in [6.45, 7) is 0.843. The van der Waals surface area contributed by atoms with Crippen molar-refractivity contribution >= 4 is 44.8 Å². The number of rotatable bonds is 7. The van der Waals surface area contributed by atoms with Crippen molar-refractivity contribution in [3.8, 4) is 22.9 Å². The van der Waals surface area contributed by atoms with Gasteiger partial charge in [0, 0.05) is 29.6 Å². The molecule has 36 heavy (non-hydrogen) atoms. The molecule has 0 bridgehead atoms. The highest BCUT2D eigenvalue weighted by Crippen LogP contribution is 2.41. The first kappa shape index (κ1) is 24.6. The summed E-state index contributed by atoms with van der Waals surface area (Å²) in [7, 11) is 6.80. The van der Waals surface area contributed by atoms with Gasteiger partial charge < -0.3 is 29.2 Å². The molecule has 1 fully saturated rings. The summed E-state index contributed by atoms with van der Waals surface area (Å²) in [5.74, 6) is 2.76. The van der Waals surface area contributed by atoms with Crippen molar-refractivity contribution in [3.63, 3.8) is 0 Å². The van der Waals surface area contributed by atoms with Crippen molar-refractivity contribution in [1.82, 2.24) is 24.4 Å². The minimum atomic E-state index is -0.303. The van der Waals surface area contributed by atoms with E-state index >= 15 is 0 Å². The van der Waals surface area contributed by atoms with Gasteiger partial charge in [-0.2, -0.15) is 4.98 Å². The second-order valence-electron chi connectivity index (χ2n) is 8.56. The molecule has 2 N–H and O–H groups in total. The van der Waals surface area contributed by atoms with Gasteiger partial charge in [-0.25, -0.2) is 9.97 Å². The smallest absolute Gasteiger partial charge is 0.225 e. The predicted octanol–water partition coefficient (Wildman–Crippen LogP) is 4.43. The van der Waals surface area contributed by atoms with Gasteiger partial charge in [-0.05, 0) is 37.6 Å². The van der Waals surface area contributed by atoms with Gasteiger partial charge in [-0.15, -0.1) is 11.3 Å². The molecule has 10 nitrogen and oxygen atoms in total. The summed E-state index contributed by atoms with van der Waals surface area (Å²) in [6, 6.07) is 5.88. The number of methoxy groups -OCH3 is 3. The van der Waals surface area contributed by atoms with Crippen LogP contribution in [-0.4, -0.2) is 70.6 Å². The van der Waals surface area contributed by atoms with Gasteiger partial charge in [0.25, 0.3) is 0 Å². The van der Waals surface area contributed by atoms with E-state index in [-0.39, 0.29) is 17.4 Å². The lowest BCUT2D eigenvalue weighted by atomic mass is 9.99. The van der Waals surface area contributed by atoms with Crippen molar-refractivity contribution < 1.29 is 19.3 Å². The number of piperidine rings is 1. The van der Waals surface area contributed by atoms with Gasteiger partial charge in [0.05, 0.1) is 44.7 Å². The molecule has 0 saturated carbocycles. The standard InChI is InChI=1S/C24H27ClN6O4S/c1-30-6-5-14(32)9-16(30)19-10-15-22(28-24(25)29-23(15)36-19)27-20-11-31(12-26-20)13-7-17(33-2)21(35-4)18(8-13)34-3/h7-8,10-12,14,16,32H,5-6,9H2,1-4H3,(H,27,28,29). The van der Waals surface area contributed by atoms with Crippen LogP contribution in [0.5, 0.6) is 17.2 Å². The van der Waals surface area contributed by atoms with Gasteiger partial charge in [0.2, 0.25) is 11.0 Å². The van der Waals surface area contributed by atoms with E-state index in [0.717, 1.165) is 33.7 Å². The fraction of sp³-hybridized carbons (Fsp3) is 0.375. The summed E-state index contributed by atoms with van der Waals surface area (Å²) in [5, 5.41) is 14.5. The average Bonchev–Trinajstić information content (AvgIpc) is 3.51. The number of aliphatic hydroxyl groups is 1. The number of imidazole rings is 1. The number of nitrogens with zero attached hydrogens (tertiary/aromatic N) is 5. The first-order valence-corrected chi connectivity index (χ1v) is 12.6. The highest BCUT2D eigenvalue weighted by Gasteiger charge is 2.28.